The predicted molar refractivity (Wildman–Crippen MR) is 59.1 cm³/mol. The molecule has 16 heavy (non-hydrogen) atoms. The molecule has 2 nitrogen and oxygen atoms in total. The van der Waals surface area contributed by atoms with Crippen LogP contribution in [0.2, 0.25) is 0 Å². The van der Waals surface area contributed by atoms with E-state index in [1.165, 1.54) is 12.1 Å². The van der Waals surface area contributed by atoms with Crippen molar-refractivity contribution >= 4 is 29.5 Å². The maximum atomic E-state index is 12.3. The highest BCUT2D eigenvalue weighted by Crippen LogP contribution is 2.40. The van der Waals surface area contributed by atoms with Crippen LogP contribution in [-0.2, 0) is 13.3 Å². The van der Waals surface area contributed by atoms with Crippen LogP contribution in [0.25, 0.3) is 0 Å². The molecular weight excluding hydrogens is 257 g/mol. The van der Waals surface area contributed by atoms with Gasteiger partial charge in [0.2, 0.25) is 0 Å². The van der Waals surface area contributed by atoms with E-state index in [-0.39, 0.29) is 11.5 Å². The van der Waals surface area contributed by atoms with E-state index < -0.39 is 20.6 Å². The molecule has 0 N–H and O–H groups in total. The normalized spacial score (nSPS) is 11.2. The molecule has 0 amide bonds. The van der Waals surface area contributed by atoms with Gasteiger partial charge < -0.3 is 8.83 Å². The minimum atomic E-state index is -1.33. The zero-order chi connectivity index (χ0) is 11.5. The summed E-state index contributed by atoms with van der Waals surface area (Å²) in [6, 6.07) is 6.24. The largest absolute Gasteiger partial charge is 0.457 e. The van der Waals surface area contributed by atoms with Crippen molar-refractivity contribution in [2.24, 2.45) is 0 Å². The van der Waals surface area contributed by atoms with E-state index in [0.29, 0.717) is 11.0 Å². The Hall–Kier alpha value is -0.860. The minimum Gasteiger partial charge on any atom is -0.457 e. The Bertz CT molecular complexity index is 427. The lowest BCUT2D eigenvalue weighted by Crippen LogP contribution is -2.03. The van der Waals surface area contributed by atoms with E-state index in [1.54, 1.807) is 12.1 Å². The Morgan fingerprint density at radius 3 is 1.69 bits per heavy atom. The number of furan rings is 2. The zero-order valence-corrected chi connectivity index (χ0v) is 9.77. The molecule has 0 aliphatic heterocycles. The lowest BCUT2D eigenvalue weighted by Gasteiger charge is -2.01. The highest BCUT2D eigenvalue weighted by molar-refractivity contribution is 7.95. The van der Waals surface area contributed by atoms with E-state index in [4.69, 9.17) is 20.1 Å². The van der Waals surface area contributed by atoms with Crippen molar-refractivity contribution in [2.75, 3.05) is 0 Å². The summed E-state index contributed by atoms with van der Waals surface area (Å²) in [5, 5.41) is 0. The molecule has 0 fully saturated rings. The van der Waals surface area contributed by atoms with Crippen molar-refractivity contribution in [2.45, 2.75) is 13.3 Å². The Balaban J connectivity index is 2.20. The molecule has 0 aliphatic carbocycles. The molecule has 86 valence electrons. The van der Waals surface area contributed by atoms with Crippen LogP contribution in [0.3, 0.4) is 0 Å². The molecule has 0 atom stereocenters. The van der Waals surface area contributed by atoms with Gasteiger partial charge >= 0.3 is 0 Å². The second-order valence-corrected chi connectivity index (χ2v) is 5.49. The molecule has 0 aromatic carbocycles. The fourth-order valence-corrected chi connectivity index (χ4v) is 2.76. The number of rotatable bonds is 4. The van der Waals surface area contributed by atoms with Crippen LogP contribution in [0.15, 0.2) is 33.1 Å². The first-order valence-corrected chi connectivity index (χ1v) is 6.74. The van der Waals surface area contributed by atoms with Crippen LogP contribution < -0.4 is 11.0 Å². The molecule has 0 radical (unpaired) electrons. The summed E-state index contributed by atoms with van der Waals surface area (Å²) >= 11 is 6.10. The molecule has 0 saturated heterocycles. The minimum absolute atomic E-state index is 0.223. The van der Waals surface area contributed by atoms with E-state index >= 15 is 0 Å². The molecule has 0 bridgehead atoms. The van der Waals surface area contributed by atoms with Crippen LogP contribution in [0.4, 0.5) is 8.78 Å². The molecule has 6 heteroatoms. The Labute approximate surface area is 96.7 Å². The van der Waals surface area contributed by atoms with Crippen LogP contribution in [0.5, 0.6) is 0 Å². The Kier molecular flexibility index (Phi) is 3.62. The highest BCUT2D eigenvalue weighted by atomic mass is 35.7. The van der Waals surface area contributed by atoms with Crippen molar-refractivity contribution in [1.82, 2.24) is 0 Å². The first-order chi connectivity index (χ1) is 7.74. The van der Waals surface area contributed by atoms with Crippen molar-refractivity contribution in [3.05, 3.63) is 35.8 Å². The van der Waals surface area contributed by atoms with E-state index in [9.17, 15) is 8.78 Å². The maximum absolute atomic E-state index is 12.3. The second-order valence-electron chi connectivity index (χ2n) is 3.03. The van der Waals surface area contributed by atoms with E-state index in [1.807, 2.05) is 0 Å². The number of halogens is 3. The summed E-state index contributed by atoms with van der Waals surface area (Å²) in [6.07, 6.45) is 0. The Morgan fingerprint density at radius 2 is 1.38 bits per heavy atom. The third kappa shape index (κ3) is 2.28. The second kappa shape index (κ2) is 4.98. The third-order valence-electron chi connectivity index (χ3n) is 1.95. The summed E-state index contributed by atoms with van der Waals surface area (Å²) in [6.45, 7) is -1.35. The van der Waals surface area contributed by atoms with Crippen LogP contribution in [0, 0.1) is 0 Å². The number of hydrogen-bond acceptors (Lipinski definition) is 2. The van der Waals surface area contributed by atoms with Crippen molar-refractivity contribution < 1.29 is 17.6 Å². The highest BCUT2D eigenvalue weighted by Gasteiger charge is 2.19. The van der Waals surface area contributed by atoms with Gasteiger partial charge in [-0.2, -0.15) is 0 Å². The van der Waals surface area contributed by atoms with Gasteiger partial charge in [0.05, 0.1) is 0 Å². The fourth-order valence-electron chi connectivity index (χ4n) is 1.20. The molecule has 2 rings (SSSR count). The van der Waals surface area contributed by atoms with Crippen molar-refractivity contribution in [1.29, 1.82) is 0 Å². The number of alkyl halides is 2. The summed E-state index contributed by atoms with van der Waals surface area (Å²) < 4.78 is 34.8. The van der Waals surface area contributed by atoms with Gasteiger partial charge in [0, 0.05) is 0 Å². The molecule has 2 aromatic heterocycles. The van der Waals surface area contributed by atoms with Gasteiger partial charge in [0.1, 0.15) is 43.1 Å². The van der Waals surface area contributed by atoms with Crippen molar-refractivity contribution in [3.63, 3.8) is 0 Å². The van der Waals surface area contributed by atoms with Gasteiger partial charge in [0.15, 0.2) is 0 Å². The molecule has 2 aromatic rings. The first-order valence-electron chi connectivity index (χ1n) is 4.50. The average molecular weight is 265 g/mol. The molecule has 0 spiro atoms. The van der Waals surface area contributed by atoms with Crippen LogP contribution in [0.1, 0.15) is 11.5 Å². The SMILES string of the molecule is FCc1ccc(P(Cl)c2ccc(CF)o2)o1. The summed E-state index contributed by atoms with van der Waals surface area (Å²) in [4.78, 5) is 0. The maximum Gasteiger partial charge on any atom is 0.149 e. The smallest absolute Gasteiger partial charge is 0.149 e. The summed E-state index contributed by atoms with van der Waals surface area (Å²) in [5.74, 6) is 0.445. The lowest BCUT2D eigenvalue weighted by atomic mass is 10.5. The molecule has 0 unspecified atom stereocenters. The standard InChI is InChI=1S/C10H8ClF2O2P/c11-16(9-3-1-7(5-12)14-9)10-4-2-8(6-13)15-10/h1-4H,5-6H2. The predicted octanol–water partition coefficient (Wildman–Crippen LogP) is 3.40. The van der Waals surface area contributed by atoms with Crippen LogP contribution >= 0.6 is 18.5 Å². The fraction of sp³-hybridized carbons (Fsp3) is 0.200. The van der Waals surface area contributed by atoms with E-state index in [0.717, 1.165) is 0 Å². The van der Waals surface area contributed by atoms with Gasteiger partial charge in [-0.05, 0) is 24.3 Å². The summed E-state index contributed by atoms with van der Waals surface area (Å²) in [5.41, 5.74) is 0.896. The molecule has 0 saturated carbocycles. The topological polar surface area (TPSA) is 26.3 Å². The van der Waals surface area contributed by atoms with Crippen molar-refractivity contribution in [3.8, 4) is 0 Å². The van der Waals surface area contributed by atoms with Crippen LogP contribution in [-0.4, -0.2) is 0 Å². The van der Waals surface area contributed by atoms with Gasteiger partial charge in [-0.15, -0.1) is 0 Å². The Morgan fingerprint density at radius 1 is 0.938 bits per heavy atom. The first kappa shape index (κ1) is 11.6. The molecule has 0 aliphatic rings. The quantitative estimate of drug-likeness (QED) is 0.791. The monoisotopic (exact) mass is 264 g/mol. The zero-order valence-electron chi connectivity index (χ0n) is 8.12. The number of hydrogen-bond donors (Lipinski definition) is 0. The average Bonchev–Trinajstić information content (AvgIpc) is 2.97. The third-order valence-corrected chi connectivity index (χ3v) is 4.20. The molecule has 2 heterocycles. The lowest BCUT2D eigenvalue weighted by molar-refractivity contribution is 0.401. The van der Waals surface area contributed by atoms with Gasteiger partial charge in [-0.25, -0.2) is 8.78 Å². The van der Waals surface area contributed by atoms with Gasteiger partial charge in [-0.3, -0.25) is 0 Å². The molecular formula is C10H8ClF2O2P. The van der Waals surface area contributed by atoms with Gasteiger partial charge in [0.25, 0.3) is 0 Å². The van der Waals surface area contributed by atoms with E-state index in [2.05, 4.69) is 0 Å². The van der Waals surface area contributed by atoms with Gasteiger partial charge in [-0.1, -0.05) is 11.2 Å². The summed E-state index contributed by atoms with van der Waals surface area (Å²) in [7, 11) is -1.33.